The van der Waals surface area contributed by atoms with Gasteiger partial charge in [0, 0.05) is 54.4 Å². The number of nitrogens with one attached hydrogen (secondary N) is 3. The molecule has 0 heterocycles. The molecule has 30 heavy (non-hydrogen) atoms. The van der Waals surface area contributed by atoms with Gasteiger partial charge in [-0.3, -0.25) is 14.4 Å². The van der Waals surface area contributed by atoms with Crippen molar-refractivity contribution >= 4 is 40.6 Å². The van der Waals surface area contributed by atoms with E-state index < -0.39 is 11.0 Å². The van der Waals surface area contributed by atoms with Crippen LogP contribution in [-0.4, -0.2) is 49.1 Å². The van der Waals surface area contributed by atoms with Crippen molar-refractivity contribution in [1.82, 2.24) is 14.2 Å². The van der Waals surface area contributed by atoms with E-state index >= 15 is 0 Å². The molecule has 0 aromatic rings. The van der Waals surface area contributed by atoms with Crippen LogP contribution in [0.25, 0.3) is 0 Å². The summed E-state index contributed by atoms with van der Waals surface area (Å²) in [5.41, 5.74) is 4.35. The SMILES string of the molecule is C=CCC(=O)NCCC(C)(C)OCCC(C)(C)C(=O)NCCCCC(NI)C(N)=O. The van der Waals surface area contributed by atoms with E-state index in [-0.39, 0.29) is 23.8 Å². The summed E-state index contributed by atoms with van der Waals surface area (Å²) in [6.45, 7) is 12.8. The molecule has 174 valence electrons. The second-order valence-corrected chi connectivity index (χ2v) is 9.27. The zero-order valence-electron chi connectivity index (χ0n) is 18.8. The van der Waals surface area contributed by atoms with Crippen LogP contribution in [0.1, 0.15) is 66.2 Å². The van der Waals surface area contributed by atoms with Gasteiger partial charge in [-0.1, -0.05) is 19.9 Å². The molecule has 0 fully saturated rings. The molecule has 9 heteroatoms. The molecule has 0 saturated carbocycles. The minimum absolute atomic E-state index is 0.0148. The van der Waals surface area contributed by atoms with Gasteiger partial charge < -0.3 is 21.1 Å². The van der Waals surface area contributed by atoms with Gasteiger partial charge in [0.2, 0.25) is 17.7 Å². The molecule has 1 atom stereocenters. The van der Waals surface area contributed by atoms with Crippen LogP contribution in [0.15, 0.2) is 12.7 Å². The predicted octanol–water partition coefficient (Wildman–Crippen LogP) is 2.36. The number of rotatable bonds is 17. The number of primary amides is 1. The van der Waals surface area contributed by atoms with Crippen molar-refractivity contribution < 1.29 is 19.1 Å². The first-order chi connectivity index (χ1) is 13.9. The average molecular weight is 538 g/mol. The van der Waals surface area contributed by atoms with E-state index in [0.29, 0.717) is 45.4 Å². The molecular formula is C21H39IN4O4. The normalized spacial score (nSPS) is 12.8. The van der Waals surface area contributed by atoms with E-state index in [4.69, 9.17) is 10.5 Å². The van der Waals surface area contributed by atoms with E-state index in [1.54, 1.807) is 6.08 Å². The Hall–Kier alpha value is -1.20. The minimum Gasteiger partial charge on any atom is -0.375 e. The first-order valence-corrected chi connectivity index (χ1v) is 11.5. The third-order valence-electron chi connectivity index (χ3n) is 4.89. The van der Waals surface area contributed by atoms with Crippen LogP contribution in [-0.2, 0) is 19.1 Å². The maximum Gasteiger partial charge on any atom is 0.235 e. The Morgan fingerprint density at radius 3 is 2.33 bits per heavy atom. The molecule has 5 N–H and O–H groups in total. The fraction of sp³-hybridized carbons (Fsp3) is 0.762. The van der Waals surface area contributed by atoms with Crippen LogP contribution in [0.2, 0.25) is 0 Å². The van der Waals surface area contributed by atoms with E-state index in [1.165, 1.54) is 0 Å². The Labute approximate surface area is 195 Å². The second-order valence-electron chi connectivity index (χ2n) is 8.65. The lowest BCUT2D eigenvalue weighted by molar-refractivity contribution is -0.131. The zero-order valence-corrected chi connectivity index (χ0v) is 21.0. The Morgan fingerprint density at radius 1 is 1.10 bits per heavy atom. The molecule has 8 nitrogen and oxygen atoms in total. The van der Waals surface area contributed by atoms with Gasteiger partial charge in [0.1, 0.15) is 0 Å². The highest BCUT2D eigenvalue weighted by Crippen LogP contribution is 2.23. The van der Waals surface area contributed by atoms with Crippen molar-refractivity contribution in [3.63, 3.8) is 0 Å². The number of unbranched alkanes of at least 4 members (excludes halogenated alkanes) is 1. The Balaban J connectivity index is 4.13. The smallest absolute Gasteiger partial charge is 0.235 e. The van der Waals surface area contributed by atoms with Gasteiger partial charge in [0.25, 0.3) is 0 Å². The molecule has 0 aliphatic carbocycles. The van der Waals surface area contributed by atoms with E-state index in [0.717, 1.165) is 12.8 Å². The van der Waals surface area contributed by atoms with Crippen LogP contribution in [0, 0.1) is 5.41 Å². The van der Waals surface area contributed by atoms with Crippen LogP contribution in [0.3, 0.4) is 0 Å². The Kier molecular flexibility index (Phi) is 14.2. The van der Waals surface area contributed by atoms with Crippen molar-refractivity contribution in [3.05, 3.63) is 12.7 Å². The van der Waals surface area contributed by atoms with Gasteiger partial charge >= 0.3 is 0 Å². The predicted molar refractivity (Wildman–Crippen MR) is 128 cm³/mol. The zero-order chi connectivity index (χ0) is 23.2. The lowest BCUT2D eigenvalue weighted by Crippen LogP contribution is -2.39. The number of amides is 3. The molecule has 0 bridgehead atoms. The van der Waals surface area contributed by atoms with Crippen molar-refractivity contribution in [3.8, 4) is 0 Å². The van der Waals surface area contributed by atoms with E-state index in [9.17, 15) is 14.4 Å². The number of halogens is 1. The highest BCUT2D eigenvalue weighted by atomic mass is 127. The van der Waals surface area contributed by atoms with Crippen molar-refractivity contribution in [1.29, 1.82) is 0 Å². The summed E-state index contributed by atoms with van der Waals surface area (Å²) in [4.78, 5) is 35.1. The largest absolute Gasteiger partial charge is 0.375 e. The maximum atomic E-state index is 12.5. The van der Waals surface area contributed by atoms with Gasteiger partial charge in [0.15, 0.2) is 0 Å². The van der Waals surface area contributed by atoms with Gasteiger partial charge in [-0.25, -0.2) is 3.53 Å². The maximum absolute atomic E-state index is 12.5. The summed E-state index contributed by atoms with van der Waals surface area (Å²) in [6, 6.07) is -0.339. The lowest BCUT2D eigenvalue weighted by atomic mass is 9.88. The summed E-state index contributed by atoms with van der Waals surface area (Å²) in [5.74, 6) is -0.426. The molecule has 0 rings (SSSR count). The van der Waals surface area contributed by atoms with Gasteiger partial charge in [0.05, 0.1) is 11.6 Å². The Morgan fingerprint density at radius 2 is 1.77 bits per heavy atom. The summed E-state index contributed by atoms with van der Waals surface area (Å²) in [7, 11) is 0. The average Bonchev–Trinajstić information content (AvgIpc) is 2.63. The highest BCUT2D eigenvalue weighted by molar-refractivity contribution is 14.1. The number of ether oxygens (including phenoxy) is 1. The molecule has 0 aliphatic heterocycles. The number of carbonyl (C=O) groups is 3. The van der Waals surface area contributed by atoms with Crippen LogP contribution < -0.4 is 19.9 Å². The molecular weight excluding hydrogens is 499 g/mol. The number of carbonyl (C=O) groups excluding carboxylic acids is 3. The summed E-state index contributed by atoms with van der Waals surface area (Å²) >= 11 is 1.92. The van der Waals surface area contributed by atoms with E-state index in [2.05, 4.69) is 20.7 Å². The fourth-order valence-corrected chi connectivity index (χ4v) is 3.26. The third kappa shape index (κ3) is 13.2. The first-order valence-electron chi connectivity index (χ1n) is 10.4. The lowest BCUT2D eigenvalue weighted by Gasteiger charge is -2.29. The van der Waals surface area contributed by atoms with Crippen LogP contribution in [0.5, 0.6) is 0 Å². The van der Waals surface area contributed by atoms with E-state index in [1.807, 2.05) is 50.6 Å². The molecule has 0 saturated heterocycles. The molecule has 0 aromatic carbocycles. The third-order valence-corrected chi connectivity index (χ3v) is 5.65. The quantitative estimate of drug-likeness (QED) is 0.0981. The van der Waals surface area contributed by atoms with Gasteiger partial charge in [-0.2, -0.15) is 0 Å². The van der Waals surface area contributed by atoms with Gasteiger partial charge in [-0.15, -0.1) is 6.58 Å². The first kappa shape index (κ1) is 28.8. The topological polar surface area (TPSA) is 123 Å². The number of hydrogen-bond donors (Lipinski definition) is 4. The standard InChI is InChI=1S/C21H39IN4O4/c1-6-9-17(27)24-14-11-21(4,5)30-15-12-20(2,3)19(29)25-13-8-7-10-16(26-22)18(23)28/h6,16,26H,1,7-15H2,2-5H3,(H2,23,28)(H,24,27)(H,25,29). The Bertz CT molecular complexity index is 567. The second kappa shape index (κ2) is 14.7. The van der Waals surface area contributed by atoms with Crippen molar-refractivity contribution in [2.75, 3.05) is 19.7 Å². The molecule has 0 radical (unpaired) electrons. The van der Waals surface area contributed by atoms with Gasteiger partial charge in [-0.05, 0) is 46.0 Å². The van der Waals surface area contributed by atoms with Crippen LogP contribution >= 0.6 is 22.9 Å². The molecule has 0 aliphatic rings. The molecule has 0 aromatic heterocycles. The minimum atomic E-state index is -0.548. The highest BCUT2D eigenvalue weighted by Gasteiger charge is 2.28. The molecule has 0 spiro atoms. The number of nitrogens with two attached hydrogens (primary N) is 1. The van der Waals surface area contributed by atoms with Crippen molar-refractivity contribution in [2.24, 2.45) is 11.1 Å². The van der Waals surface area contributed by atoms with Crippen LogP contribution in [0.4, 0.5) is 0 Å². The monoisotopic (exact) mass is 538 g/mol. The number of hydrogen-bond acceptors (Lipinski definition) is 5. The summed E-state index contributed by atoms with van der Waals surface area (Å²) < 4.78 is 8.81. The summed E-state index contributed by atoms with van der Waals surface area (Å²) in [6.07, 6.45) is 5.38. The fourth-order valence-electron chi connectivity index (χ4n) is 2.64. The molecule has 3 amide bonds. The van der Waals surface area contributed by atoms with Crippen molar-refractivity contribution in [2.45, 2.75) is 77.9 Å². The summed E-state index contributed by atoms with van der Waals surface area (Å²) in [5, 5.41) is 5.79. The molecule has 1 unspecified atom stereocenters.